The lowest BCUT2D eigenvalue weighted by Crippen LogP contribution is -2.32. The summed E-state index contributed by atoms with van der Waals surface area (Å²) in [7, 11) is 1.61. The minimum absolute atomic E-state index is 0.0757. The first kappa shape index (κ1) is 18.7. The number of nitrogens with one attached hydrogen (secondary N) is 1. The van der Waals surface area contributed by atoms with Crippen molar-refractivity contribution >= 4 is 0 Å². The first-order chi connectivity index (χ1) is 12.3. The van der Waals surface area contributed by atoms with E-state index in [-0.39, 0.29) is 18.1 Å². The van der Waals surface area contributed by atoms with Crippen LogP contribution in [0.25, 0.3) is 0 Å². The van der Waals surface area contributed by atoms with Crippen LogP contribution in [-0.4, -0.2) is 12.8 Å². The number of methoxy groups -OCH3 is 1. The molecule has 1 aliphatic rings. The standard InChI is InChI=1S/C19H19F4NO2/c1-25-18(7-8-18)24-11-14-5-6-16(10-17(14)20)26-12-13-3-2-4-15(9-13)19(21,22)23/h2-6,9-10,24H,7-8,11-12H2,1H3. The molecule has 26 heavy (non-hydrogen) atoms. The fourth-order valence-corrected chi connectivity index (χ4v) is 2.59. The number of ether oxygens (including phenoxy) is 2. The molecule has 1 saturated carbocycles. The molecule has 0 atom stereocenters. The van der Waals surface area contributed by atoms with E-state index >= 15 is 0 Å². The molecule has 0 radical (unpaired) electrons. The van der Waals surface area contributed by atoms with Gasteiger partial charge in [0.05, 0.1) is 5.56 Å². The highest BCUT2D eigenvalue weighted by Crippen LogP contribution is 2.36. The average Bonchev–Trinajstić information content (AvgIpc) is 3.39. The number of alkyl halides is 3. The molecule has 0 bridgehead atoms. The number of halogens is 4. The van der Waals surface area contributed by atoms with Crippen LogP contribution in [-0.2, 0) is 24.1 Å². The lowest BCUT2D eigenvalue weighted by molar-refractivity contribution is -0.137. The minimum atomic E-state index is -4.40. The molecule has 0 saturated heterocycles. The molecule has 0 amide bonds. The van der Waals surface area contributed by atoms with Crippen molar-refractivity contribution in [2.24, 2.45) is 0 Å². The Kier molecular flexibility index (Phi) is 5.20. The van der Waals surface area contributed by atoms with Crippen molar-refractivity contribution in [1.29, 1.82) is 0 Å². The van der Waals surface area contributed by atoms with E-state index in [9.17, 15) is 17.6 Å². The van der Waals surface area contributed by atoms with Crippen LogP contribution in [0.5, 0.6) is 5.75 Å². The third kappa shape index (κ3) is 4.53. The summed E-state index contributed by atoms with van der Waals surface area (Å²) in [5.41, 5.74) is -0.245. The quantitative estimate of drug-likeness (QED) is 0.569. The zero-order valence-electron chi connectivity index (χ0n) is 14.2. The molecule has 1 fully saturated rings. The van der Waals surface area contributed by atoms with Crippen molar-refractivity contribution in [2.45, 2.75) is 37.9 Å². The van der Waals surface area contributed by atoms with Crippen LogP contribution in [0.2, 0.25) is 0 Å². The second-order valence-corrected chi connectivity index (χ2v) is 6.29. The molecule has 0 aliphatic heterocycles. The Balaban J connectivity index is 1.60. The van der Waals surface area contributed by atoms with Crippen molar-refractivity contribution in [3.63, 3.8) is 0 Å². The molecule has 2 aromatic rings. The van der Waals surface area contributed by atoms with Gasteiger partial charge in [-0.3, -0.25) is 5.32 Å². The second kappa shape index (κ2) is 7.25. The first-order valence-corrected chi connectivity index (χ1v) is 8.19. The fourth-order valence-electron chi connectivity index (χ4n) is 2.59. The molecule has 0 heterocycles. The fraction of sp³-hybridized carbons (Fsp3) is 0.368. The van der Waals surface area contributed by atoms with Gasteiger partial charge < -0.3 is 9.47 Å². The van der Waals surface area contributed by atoms with Crippen LogP contribution >= 0.6 is 0 Å². The predicted molar refractivity (Wildman–Crippen MR) is 88.0 cm³/mol. The van der Waals surface area contributed by atoms with E-state index in [1.54, 1.807) is 19.2 Å². The van der Waals surface area contributed by atoms with E-state index in [2.05, 4.69) is 5.32 Å². The Hall–Kier alpha value is -2.12. The summed E-state index contributed by atoms with van der Waals surface area (Å²) in [5, 5.41) is 3.16. The van der Waals surface area contributed by atoms with Gasteiger partial charge in [0.1, 0.15) is 23.9 Å². The minimum Gasteiger partial charge on any atom is -0.489 e. The Morgan fingerprint density at radius 1 is 1.12 bits per heavy atom. The van der Waals surface area contributed by atoms with Gasteiger partial charge in [0, 0.05) is 25.3 Å². The van der Waals surface area contributed by atoms with Crippen LogP contribution in [0.3, 0.4) is 0 Å². The predicted octanol–water partition coefficient (Wildman–Crippen LogP) is 4.65. The van der Waals surface area contributed by atoms with E-state index in [0.717, 1.165) is 25.0 Å². The maximum atomic E-state index is 14.2. The van der Waals surface area contributed by atoms with Crippen LogP contribution in [0.1, 0.15) is 29.5 Å². The van der Waals surface area contributed by atoms with E-state index in [1.807, 2.05) is 0 Å². The summed E-state index contributed by atoms with van der Waals surface area (Å²) in [5.74, 6) is -0.178. The third-order valence-corrected chi connectivity index (χ3v) is 4.38. The van der Waals surface area contributed by atoms with Crippen LogP contribution in [0.4, 0.5) is 17.6 Å². The third-order valence-electron chi connectivity index (χ3n) is 4.38. The van der Waals surface area contributed by atoms with E-state index in [1.165, 1.54) is 18.2 Å². The van der Waals surface area contributed by atoms with Crippen LogP contribution < -0.4 is 10.1 Å². The Bertz CT molecular complexity index is 772. The summed E-state index contributed by atoms with van der Waals surface area (Å²) in [6.45, 7) is 0.251. The normalized spacial score (nSPS) is 15.7. The van der Waals surface area contributed by atoms with E-state index in [0.29, 0.717) is 17.7 Å². The molecule has 1 N–H and O–H groups in total. The Morgan fingerprint density at radius 2 is 1.88 bits per heavy atom. The van der Waals surface area contributed by atoms with Gasteiger partial charge in [0.15, 0.2) is 0 Å². The Morgan fingerprint density at radius 3 is 2.50 bits per heavy atom. The number of hydrogen-bond acceptors (Lipinski definition) is 3. The number of benzene rings is 2. The first-order valence-electron chi connectivity index (χ1n) is 8.19. The largest absolute Gasteiger partial charge is 0.489 e. The van der Waals surface area contributed by atoms with Crippen molar-refractivity contribution < 1.29 is 27.0 Å². The molecular weight excluding hydrogens is 350 g/mol. The SMILES string of the molecule is COC1(NCc2ccc(OCc3cccc(C(F)(F)F)c3)cc2F)CC1. The lowest BCUT2D eigenvalue weighted by Gasteiger charge is -2.16. The summed E-state index contributed by atoms with van der Waals surface area (Å²) >= 11 is 0. The van der Waals surface area contributed by atoms with Gasteiger partial charge in [0.2, 0.25) is 0 Å². The number of hydrogen-bond donors (Lipinski definition) is 1. The van der Waals surface area contributed by atoms with E-state index < -0.39 is 17.6 Å². The van der Waals surface area contributed by atoms with Gasteiger partial charge in [0.25, 0.3) is 0 Å². The van der Waals surface area contributed by atoms with Gasteiger partial charge in [-0.1, -0.05) is 18.2 Å². The summed E-state index contributed by atoms with van der Waals surface area (Å²) in [4.78, 5) is 0. The highest BCUT2D eigenvalue weighted by molar-refractivity contribution is 5.30. The van der Waals surface area contributed by atoms with Gasteiger partial charge in [-0.2, -0.15) is 13.2 Å². The molecule has 2 aromatic carbocycles. The molecule has 140 valence electrons. The summed E-state index contributed by atoms with van der Waals surface area (Å²) in [6.07, 6.45) is -2.62. The average molecular weight is 369 g/mol. The number of rotatable bonds is 7. The molecule has 0 spiro atoms. The molecule has 1 aliphatic carbocycles. The Labute approximate surface area is 148 Å². The van der Waals surface area contributed by atoms with Gasteiger partial charge in [-0.05, 0) is 36.6 Å². The molecular formula is C19H19F4NO2. The topological polar surface area (TPSA) is 30.5 Å². The van der Waals surface area contributed by atoms with Crippen molar-refractivity contribution in [2.75, 3.05) is 7.11 Å². The molecule has 0 unspecified atom stereocenters. The van der Waals surface area contributed by atoms with Crippen molar-refractivity contribution in [3.8, 4) is 5.75 Å². The van der Waals surface area contributed by atoms with Gasteiger partial charge in [-0.25, -0.2) is 4.39 Å². The van der Waals surface area contributed by atoms with Crippen molar-refractivity contribution in [1.82, 2.24) is 5.32 Å². The highest BCUT2D eigenvalue weighted by Gasteiger charge is 2.42. The smallest absolute Gasteiger partial charge is 0.416 e. The second-order valence-electron chi connectivity index (χ2n) is 6.29. The van der Waals surface area contributed by atoms with Gasteiger partial charge in [-0.15, -0.1) is 0 Å². The van der Waals surface area contributed by atoms with Gasteiger partial charge >= 0.3 is 6.18 Å². The highest BCUT2D eigenvalue weighted by atomic mass is 19.4. The summed E-state index contributed by atoms with van der Waals surface area (Å²) in [6, 6.07) is 9.29. The zero-order chi connectivity index (χ0) is 18.8. The van der Waals surface area contributed by atoms with Crippen LogP contribution in [0.15, 0.2) is 42.5 Å². The van der Waals surface area contributed by atoms with Crippen molar-refractivity contribution in [3.05, 3.63) is 65.0 Å². The molecule has 7 heteroatoms. The molecule has 3 nitrogen and oxygen atoms in total. The lowest BCUT2D eigenvalue weighted by atomic mass is 10.1. The van der Waals surface area contributed by atoms with Crippen LogP contribution in [0, 0.1) is 5.82 Å². The maximum Gasteiger partial charge on any atom is 0.416 e. The molecule has 0 aromatic heterocycles. The maximum absolute atomic E-state index is 14.2. The summed E-state index contributed by atoms with van der Waals surface area (Å²) < 4.78 is 63.1. The molecule has 3 rings (SSSR count). The monoisotopic (exact) mass is 369 g/mol. The zero-order valence-corrected chi connectivity index (χ0v) is 14.2. The van der Waals surface area contributed by atoms with E-state index in [4.69, 9.17) is 9.47 Å².